The van der Waals surface area contributed by atoms with Crippen LogP contribution in [0.2, 0.25) is 0 Å². The molecule has 0 fully saturated rings. The predicted octanol–water partition coefficient (Wildman–Crippen LogP) is 2.38. The van der Waals surface area contributed by atoms with Crippen LogP contribution in [-0.4, -0.2) is 26.2 Å². The molecule has 2 rings (SSSR count). The Bertz CT molecular complexity index is 683. The number of H-pyrrole nitrogens is 1. The summed E-state index contributed by atoms with van der Waals surface area (Å²) < 4.78 is 39.1. The first-order valence-corrected chi connectivity index (χ1v) is 6.39. The van der Waals surface area contributed by atoms with E-state index >= 15 is 0 Å². The molecule has 0 spiro atoms. The summed E-state index contributed by atoms with van der Waals surface area (Å²) in [4.78, 5) is 4.29. The molecule has 0 atom stereocenters. The number of nitrogens with two attached hydrogens (primary N) is 1. The molecular weight excluding hydrogens is 307 g/mol. The highest BCUT2D eigenvalue weighted by atomic mass is 32.2. The summed E-state index contributed by atoms with van der Waals surface area (Å²) in [6.45, 7) is 1.68. The largest absolute Gasteiger partial charge is 0.417 e. The molecule has 21 heavy (non-hydrogen) atoms. The molecule has 1 aromatic heterocycles. The average Bonchev–Trinajstić information content (AvgIpc) is 2.82. The second-order valence-corrected chi connectivity index (χ2v) is 5.04. The molecule has 10 heteroatoms. The lowest BCUT2D eigenvalue weighted by Crippen LogP contribution is -2.20. The topological polar surface area (TPSA) is 100 Å². The van der Waals surface area contributed by atoms with Gasteiger partial charge in [0.25, 0.3) is 0 Å². The van der Waals surface area contributed by atoms with Crippen molar-refractivity contribution in [3.63, 3.8) is 0 Å². The molecule has 0 saturated carbocycles. The van der Waals surface area contributed by atoms with Crippen molar-refractivity contribution >= 4 is 17.6 Å². The summed E-state index contributed by atoms with van der Waals surface area (Å²) in [6.07, 6.45) is -4.63. The number of alkyl halides is 3. The van der Waals surface area contributed by atoms with Gasteiger partial charge in [0.2, 0.25) is 5.16 Å². The van der Waals surface area contributed by atoms with Crippen LogP contribution < -0.4 is 5.73 Å². The number of amidine groups is 1. The van der Waals surface area contributed by atoms with E-state index in [4.69, 9.17) is 10.9 Å². The number of rotatable bonds is 3. The first kappa shape index (κ1) is 15.2. The molecule has 0 saturated heterocycles. The summed E-state index contributed by atoms with van der Waals surface area (Å²) in [5.41, 5.74) is 3.88. The fourth-order valence-electron chi connectivity index (χ4n) is 1.57. The van der Waals surface area contributed by atoms with Gasteiger partial charge >= 0.3 is 6.18 Å². The van der Waals surface area contributed by atoms with Crippen molar-refractivity contribution < 1.29 is 18.4 Å². The number of nitrogens with one attached hydrogen (secondary N) is 1. The molecule has 112 valence electrons. The summed E-state index contributed by atoms with van der Waals surface area (Å²) in [5.74, 6) is -0.0468. The minimum atomic E-state index is -4.63. The number of oxime groups is 1. The van der Waals surface area contributed by atoms with Crippen molar-refractivity contribution in [2.75, 3.05) is 0 Å². The quantitative estimate of drug-likeness (QED) is 0.349. The Morgan fingerprint density at radius 3 is 2.67 bits per heavy atom. The van der Waals surface area contributed by atoms with E-state index in [0.717, 1.165) is 23.9 Å². The zero-order valence-electron chi connectivity index (χ0n) is 10.6. The van der Waals surface area contributed by atoms with Gasteiger partial charge in [-0.25, -0.2) is 4.98 Å². The van der Waals surface area contributed by atoms with Crippen molar-refractivity contribution in [1.29, 1.82) is 0 Å². The molecule has 0 radical (unpaired) electrons. The Balaban J connectivity index is 2.42. The van der Waals surface area contributed by atoms with Gasteiger partial charge in [0, 0.05) is 10.5 Å². The highest BCUT2D eigenvalue weighted by Crippen LogP contribution is 2.35. The van der Waals surface area contributed by atoms with Crippen molar-refractivity contribution in [2.24, 2.45) is 10.9 Å². The van der Waals surface area contributed by atoms with E-state index in [9.17, 15) is 13.2 Å². The van der Waals surface area contributed by atoms with Crippen LogP contribution in [0.4, 0.5) is 13.2 Å². The molecule has 6 nitrogen and oxygen atoms in total. The number of aromatic nitrogens is 3. The highest BCUT2D eigenvalue weighted by Gasteiger charge is 2.34. The zero-order chi connectivity index (χ0) is 15.6. The zero-order valence-corrected chi connectivity index (χ0v) is 11.5. The Morgan fingerprint density at radius 1 is 1.43 bits per heavy atom. The Labute approximate surface area is 121 Å². The third-order valence-corrected chi connectivity index (χ3v) is 3.32. The Kier molecular flexibility index (Phi) is 4.07. The first-order valence-electron chi connectivity index (χ1n) is 5.57. The third kappa shape index (κ3) is 3.45. The number of hydrogen-bond acceptors (Lipinski definition) is 5. The Morgan fingerprint density at radius 2 is 2.14 bits per heavy atom. The maximum atomic E-state index is 13.0. The molecule has 0 bridgehead atoms. The number of hydrogen-bond donors (Lipinski definition) is 3. The SMILES string of the molecule is Cc1nc(Sc2ccc(/C(N)=N/O)c(C(F)(F)F)c2)n[nH]1. The van der Waals surface area contributed by atoms with E-state index in [1.165, 1.54) is 6.07 Å². The van der Waals surface area contributed by atoms with Crippen molar-refractivity contribution in [2.45, 2.75) is 23.2 Å². The standard InChI is InChI=1S/C11H10F3N5OS/c1-5-16-10(18-17-5)21-6-2-3-7(9(15)19-20)8(4-6)11(12,13)14/h2-4,20H,1H3,(H2,15,19)(H,16,17,18). The second kappa shape index (κ2) is 5.64. The molecule has 0 amide bonds. The van der Waals surface area contributed by atoms with E-state index in [1.54, 1.807) is 6.92 Å². The molecule has 1 heterocycles. The van der Waals surface area contributed by atoms with Crippen LogP contribution in [0.5, 0.6) is 0 Å². The van der Waals surface area contributed by atoms with Crippen LogP contribution in [-0.2, 0) is 6.18 Å². The van der Waals surface area contributed by atoms with Crippen molar-refractivity contribution in [3.05, 3.63) is 35.2 Å². The molecule has 0 aliphatic rings. The molecule has 2 aromatic rings. The maximum Gasteiger partial charge on any atom is 0.417 e. The fraction of sp³-hybridized carbons (Fsp3) is 0.182. The summed E-state index contributed by atoms with van der Waals surface area (Å²) >= 11 is 0.970. The van der Waals surface area contributed by atoms with Crippen LogP contribution >= 0.6 is 11.8 Å². The van der Waals surface area contributed by atoms with Gasteiger partial charge in [-0.1, -0.05) is 5.16 Å². The third-order valence-electron chi connectivity index (χ3n) is 2.47. The van der Waals surface area contributed by atoms with Crippen molar-refractivity contribution in [1.82, 2.24) is 15.2 Å². The number of nitrogens with zero attached hydrogens (tertiary/aromatic N) is 3. The minimum absolute atomic E-state index is 0.288. The molecule has 0 aliphatic heterocycles. The van der Waals surface area contributed by atoms with E-state index in [1.807, 2.05) is 0 Å². The van der Waals surface area contributed by atoms with Crippen LogP contribution in [0.25, 0.3) is 0 Å². The van der Waals surface area contributed by atoms with Gasteiger partial charge in [-0.2, -0.15) is 13.2 Å². The molecule has 0 unspecified atom stereocenters. The summed E-state index contributed by atoms with van der Waals surface area (Å²) in [7, 11) is 0. The normalized spacial score (nSPS) is 12.7. The van der Waals surface area contributed by atoms with Gasteiger partial charge in [-0.05, 0) is 36.9 Å². The predicted molar refractivity (Wildman–Crippen MR) is 69.2 cm³/mol. The van der Waals surface area contributed by atoms with Crippen LogP contribution in [0.15, 0.2) is 33.4 Å². The second-order valence-electron chi connectivity index (χ2n) is 4.00. The number of benzene rings is 1. The summed E-state index contributed by atoms with van der Waals surface area (Å²) in [5, 5.41) is 17.9. The highest BCUT2D eigenvalue weighted by molar-refractivity contribution is 7.99. The van der Waals surface area contributed by atoms with Gasteiger partial charge in [-0.3, -0.25) is 5.10 Å². The lowest BCUT2D eigenvalue weighted by molar-refractivity contribution is -0.137. The smallest absolute Gasteiger partial charge is 0.409 e. The van der Waals surface area contributed by atoms with Crippen LogP contribution in [0.1, 0.15) is 17.0 Å². The van der Waals surface area contributed by atoms with E-state index in [2.05, 4.69) is 20.3 Å². The Hall–Kier alpha value is -2.23. The first-order chi connectivity index (χ1) is 9.81. The number of aromatic amines is 1. The van der Waals surface area contributed by atoms with Gasteiger partial charge in [0.05, 0.1) is 5.56 Å². The maximum absolute atomic E-state index is 13.0. The van der Waals surface area contributed by atoms with Gasteiger partial charge in [0.15, 0.2) is 5.84 Å². The monoisotopic (exact) mass is 317 g/mol. The van der Waals surface area contributed by atoms with E-state index < -0.39 is 17.6 Å². The van der Waals surface area contributed by atoms with E-state index in [0.29, 0.717) is 11.0 Å². The van der Waals surface area contributed by atoms with Gasteiger partial charge < -0.3 is 10.9 Å². The average molecular weight is 317 g/mol. The summed E-state index contributed by atoms with van der Waals surface area (Å²) in [6, 6.07) is 3.46. The molecule has 1 aromatic carbocycles. The lowest BCUT2D eigenvalue weighted by Gasteiger charge is -2.13. The number of aryl methyl sites for hydroxylation is 1. The van der Waals surface area contributed by atoms with Gasteiger partial charge in [0.1, 0.15) is 5.82 Å². The molecule has 4 N–H and O–H groups in total. The molecule has 0 aliphatic carbocycles. The molecular formula is C11H10F3N5OS. The number of halogens is 3. The minimum Gasteiger partial charge on any atom is -0.409 e. The van der Waals surface area contributed by atoms with Crippen molar-refractivity contribution in [3.8, 4) is 0 Å². The van der Waals surface area contributed by atoms with Gasteiger partial charge in [-0.15, -0.1) is 5.10 Å². The fourth-order valence-corrected chi connectivity index (χ4v) is 2.37. The lowest BCUT2D eigenvalue weighted by atomic mass is 10.1. The van der Waals surface area contributed by atoms with Crippen LogP contribution in [0, 0.1) is 6.92 Å². The van der Waals surface area contributed by atoms with E-state index in [-0.39, 0.29) is 10.5 Å². The van der Waals surface area contributed by atoms with Crippen LogP contribution in [0.3, 0.4) is 0 Å².